The van der Waals surface area contributed by atoms with Crippen molar-refractivity contribution in [3.8, 4) is 0 Å². The van der Waals surface area contributed by atoms with Crippen molar-refractivity contribution in [1.82, 2.24) is 0 Å². The number of hydrogen-bond donors (Lipinski definition) is 1. The molecule has 0 saturated heterocycles. The van der Waals surface area contributed by atoms with E-state index in [0.29, 0.717) is 0 Å². The van der Waals surface area contributed by atoms with Crippen LogP contribution >= 0.6 is 15.9 Å². The molecule has 0 aliphatic heterocycles. The van der Waals surface area contributed by atoms with E-state index >= 15 is 0 Å². The molecule has 0 amide bonds. The molecular weight excluding hydrogens is 230 g/mol. The highest BCUT2D eigenvalue weighted by Crippen LogP contribution is 2.37. The van der Waals surface area contributed by atoms with Crippen LogP contribution in [-0.4, -0.2) is 5.54 Å². The first-order chi connectivity index (χ1) is 6.09. The summed E-state index contributed by atoms with van der Waals surface area (Å²) in [5.74, 6) is 1.01. The van der Waals surface area contributed by atoms with Crippen LogP contribution in [-0.2, 0) is 6.42 Å². The molecule has 0 radical (unpaired) electrons. The molecule has 1 aromatic rings. The smallest absolute Gasteiger partial charge is 0.169 e. The summed E-state index contributed by atoms with van der Waals surface area (Å²) in [5.41, 5.74) is 7.44. The number of hydrogen-bond acceptors (Lipinski definition) is 2. The van der Waals surface area contributed by atoms with Gasteiger partial charge in [0.1, 0.15) is 5.76 Å². The Bertz CT molecular complexity index is 315. The topological polar surface area (TPSA) is 39.2 Å². The molecule has 0 aromatic carbocycles. The molecule has 2 rings (SSSR count). The van der Waals surface area contributed by atoms with Crippen molar-refractivity contribution in [2.75, 3.05) is 0 Å². The van der Waals surface area contributed by atoms with Crippen molar-refractivity contribution >= 4 is 15.9 Å². The molecule has 0 atom stereocenters. The Morgan fingerprint density at radius 2 is 2.31 bits per heavy atom. The van der Waals surface area contributed by atoms with E-state index in [1.54, 1.807) is 0 Å². The number of furan rings is 1. The Kier molecular flexibility index (Phi) is 2.24. The molecule has 1 saturated carbocycles. The first-order valence-corrected chi connectivity index (χ1v) is 5.42. The maximum atomic E-state index is 6.01. The lowest BCUT2D eigenvalue weighted by Crippen LogP contribution is -2.22. The Morgan fingerprint density at radius 1 is 1.62 bits per heavy atom. The van der Waals surface area contributed by atoms with Crippen molar-refractivity contribution in [2.24, 2.45) is 5.73 Å². The first-order valence-electron chi connectivity index (χ1n) is 4.63. The average Bonchev–Trinajstić information content (AvgIpc) is 2.69. The number of aryl methyl sites for hydroxylation is 2. The van der Waals surface area contributed by atoms with E-state index in [-0.39, 0.29) is 5.54 Å². The first kappa shape index (κ1) is 9.28. The zero-order valence-corrected chi connectivity index (χ0v) is 9.36. The summed E-state index contributed by atoms with van der Waals surface area (Å²) in [7, 11) is 0. The van der Waals surface area contributed by atoms with E-state index in [4.69, 9.17) is 10.2 Å². The van der Waals surface area contributed by atoms with Gasteiger partial charge in [0.2, 0.25) is 0 Å². The molecule has 1 aliphatic rings. The van der Waals surface area contributed by atoms with Crippen molar-refractivity contribution in [1.29, 1.82) is 0 Å². The summed E-state index contributed by atoms with van der Waals surface area (Å²) in [4.78, 5) is 0. The van der Waals surface area contributed by atoms with Gasteiger partial charge in [-0.15, -0.1) is 0 Å². The van der Waals surface area contributed by atoms with Gasteiger partial charge in [-0.25, -0.2) is 0 Å². The van der Waals surface area contributed by atoms with Crippen molar-refractivity contribution in [2.45, 2.75) is 38.1 Å². The molecule has 0 spiro atoms. The van der Waals surface area contributed by atoms with E-state index in [9.17, 15) is 0 Å². The Morgan fingerprint density at radius 3 is 2.77 bits per heavy atom. The molecule has 1 fully saturated rings. The average molecular weight is 244 g/mol. The van der Waals surface area contributed by atoms with Crippen molar-refractivity contribution in [3.05, 3.63) is 22.1 Å². The van der Waals surface area contributed by atoms with Crippen LogP contribution in [0.2, 0.25) is 0 Å². The number of rotatable bonds is 3. The van der Waals surface area contributed by atoms with Crippen LogP contribution in [0.15, 0.2) is 15.2 Å². The monoisotopic (exact) mass is 243 g/mol. The molecule has 3 heteroatoms. The molecular formula is C10H14BrNO. The van der Waals surface area contributed by atoms with Crippen LogP contribution in [0.1, 0.15) is 30.6 Å². The zero-order valence-electron chi connectivity index (χ0n) is 7.77. The molecule has 1 aromatic heterocycles. The van der Waals surface area contributed by atoms with E-state index in [2.05, 4.69) is 15.9 Å². The minimum absolute atomic E-state index is 0.149. The van der Waals surface area contributed by atoms with Gasteiger partial charge in [-0.1, -0.05) is 0 Å². The number of nitrogens with two attached hydrogens (primary N) is 1. The van der Waals surface area contributed by atoms with Gasteiger partial charge in [-0.05, 0) is 60.2 Å². The van der Waals surface area contributed by atoms with Gasteiger partial charge in [0, 0.05) is 5.54 Å². The molecule has 72 valence electrons. The fourth-order valence-corrected chi connectivity index (χ4v) is 2.04. The minimum atomic E-state index is 0.149. The molecule has 1 heterocycles. The van der Waals surface area contributed by atoms with E-state index in [0.717, 1.165) is 23.3 Å². The van der Waals surface area contributed by atoms with Crippen LogP contribution in [0.3, 0.4) is 0 Å². The van der Waals surface area contributed by atoms with Gasteiger partial charge < -0.3 is 10.2 Å². The highest BCUT2D eigenvalue weighted by Gasteiger charge is 2.37. The molecule has 2 N–H and O–H groups in total. The van der Waals surface area contributed by atoms with Crippen molar-refractivity contribution < 1.29 is 4.42 Å². The predicted octanol–water partition coefficient (Wildman–Crippen LogP) is 2.77. The fourth-order valence-electron chi connectivity index (χ4n) is 1.52. The zero-order chi connectivity index (χ0) is 9.47. The maximum Gasteiger partial charge on any atom is 0.169 e. The summed E-state index contributed by atoms with van der Waals surface area (Å²) >= 11 is 3.32. The molecule has 0 unspecified atom stereocenters. The van der Waals surface area contributed by atoms with E-state index in [1.807, 2.05) is 13.0 Å². The van der Waals surface area contributed by atoms with Crippen LogP contribution in [0.25, 0.3) is 0 Å². The van der Waals surface area contributed by atoms with Gasteiger partial charge in [0.05, 0.1) is 0 Å². The summed E-state index contributed by atoms with van der Waals surface area (Å²) in [6, 6.07) is 2.04. The highest BCUT2D eigenvalue weighted by molar-refractivity contribution is 9.10. The van der Waals surface area contributed by atoms with Gasteiger partial charge in [-0.2, -0.15) is 0 Å². The second-order valence-corrected chi connectivity index (χ2v) is 4.78. The number of halogens is 1. The lowest BCUT2D eigenvalue weighted by Gasteiger charge is -2.06. The van der Waals surface area contributed by atoms with Gasteiger partial charge in [-0.3, -0.25) is 0 Å². The predicted molar refractivity (Wildman–Crippen MR) is 55.6 cm³/mol. The minimum Gasteiger partial charge on any atom is -0.454 e. The molecule has 0 bridgehead atoms. The SMILES string of the molecule is Cc1oc(Br)cc1CCC1(N)CC1. The van der Waals surface area contributed by atoms with Crippen LogP contribution in [0.5, 0.6) is 0 Å². The molecule has 1 aliphatic carbocycles. The summed E-state index contributed by atoms with van der Waals surface area (Å²) in [5, 5.41) is 0. The molecule has 2 nitrogen and oxygen atoms in total. The van der Waals surface area contributed by atoms with Gasteiger partial charge in [0.25, 0.3) is 0 Å². The lowest BCUT2D eigenvalue weighted by atomic mass is 10.1. The second-order valence-electron chi connectivity index (χ2n) is 3.99. The third-order valence-corrected chi connectivity index (χ3v) is 3.17. The largest absolute Gasteiger partial charge is 0.454 e. The van der Waals surface area contributed by atoms with Crippen LogP contribution in [0.4, 0.5) is 0 Å². The van der Waals surface area contributed by atoms with Crippen molar-refractivity contribution in [3.63, 3.8) is 0 Å². The molecule has 13 heavy (non-hydrogen) atoms. The van der Waals surface area contributed by atoms with E-state index < -0.39 is 0 Å². The standard InChI is InChI=1S/C10H14BrNO/c1-7-8(6-9(11)13-7)2-3-10(12)4-5-10/h6H,2-5,12H2,1H3. The fraction of sp³-hybridized carbons (Fsp3) is 0.600. The summed E-state index contributed by atoms with van der Waals surface area (Å²) in [6.45, 7) is 2.00. The van der Waals surface area contributed by atoms with Gasteiger partial charge >= 0.3 is 0 Å². The maximum absolute atomic E-state index is 6.01. The summed E-state index contributed by atoms with van der Waals surface area (Å²) < 4.78 is 6.20. The van der Waals surface area contributed by atoms with Gasteiger partial charge in [0.15, 0.2) is 4.67 Å². The van der Waals surface area contributed by atoms with E-state index in [1.165, 1.54) is 18.4 Å². The summed E-state index contributed by atoms with van der Waals surface area (Å²) in [6.07, 6.45) is 4.49. The quantitative estimate of drug-likeness (QED) is 0.887. The lowest BCUT2D eigenvalue weighted by molar-refractivity contribution is 0.503. The Hall–Kier alpha value is -0.280. The third-order valence-electron chi connectivity index (χ3n) is 2.77. The van der Waals surface area contributed by atoms with Crippen LogP contribution in [0, 0.1) is 6.92 Å². The highest BCUT2D eigenvalue weighted by atomic mass is 79.9. The normalized spacial score (nSPS) is 19.0. The Labute approximate surface area is 86.6 Å². The third kappa shape index (κ3) is 2.15. The van der Waals surface area contributed by atoms with Crippen LogP contribution < -0.4 is 5.73 Å². The second kappa shape index (κ2) is 3.14. The Balaban J connectivity index is 1.97.